The van der Waals surface area contributed by atoms with Crippen molar-refractivity contribution in [1.29, 1.82) is 0 Å². The van der Waals surface area contributed by atoms with Gasteiger partial charge in [0.05, 0.1) is 6.04 Å². The summed E-state index contributed by atoms with van der Waals surface area (Å²) in [5.41, 5.74) is 1.29. The van der Waals surface area contributed by atoms with Gasteiger partial charge in [-0.25, -0.2) is 0 Å². The standard InChI is InChI=1S/C17H19NOS/c1-4-16(19)18(3)17(13-9-11(13)2)14-10-20-15-8-6-5-7-12(14)15/h4-8,10-11,13,17H,1,9H2,2-3H3. The monoisotopic (exact) mass is 285 g/mol. The summed E-state index contributed by atoms with van der Waals surface area (Å²) in [6.07, 6.45) is 2.61. The van der Waals surface area contributed by atoms with Gasteiger partial charge in [-0.3, -0.25) is 4.79 Å². The Labute approximate surface area is 123 Å². The number of hydrogen-bond donors (Lipinski definition) is 0. The van der Waals surface area contributed by atoms with Crippen LogP contribution in [0.2, 0.25) is 0 Å². The van der Waals surface area contributed by atoms with E-state index in [1.54, 1.807) is 11.3 Å². The van der Waals surface area contributed by atoms with E-state index in [0.717, 1.165) is 0 Å². The lowest BCUT2D eigenvalue weighted by atomic mass is 9.99. The zero-order valence-electron chi connectivity index (χ0n) is 11.9. The number of likely N-dealkylation sites (N-methyl/N-ethyl adjacent to an activating group) is 1. The Morgan fingerprint density at radius 3 is 2.85 bits per heavy atom. The highest BCUT2D eigenvalue weighted by Gasteiger charge is 2.43. The van der Waals surface area contributed by atoms with E-state index in [-0.39, 0.29) is 11.9 Å². The minimum absolute atomic E-state index is 0.00406. The zero-order valence-corrected chi connectivity index (χ0v) is 12.7. The van der Waals surface area contributed by atoms with Crippen molar-refractivity contribution in [3.63, 3.8) is 0 Å². The Morgan fingerprint density at radius 1 is 1.50 bits per heavy atom. The number of carbonyl (C=O) groups excluding carboxylic acids is 1. The number of benzene rings is 1. The molecule has 0 N–H and O–H groups in total. The number of nitrogens with zero attached hydrogens (tertiary/aromatic N) is 1. The topological polar surface area (TPSA) is 20.3 Å². The summed E-state index contributed by atoms with van der Waals surface area (Å²) in [7, 11) is 1.90. The lowest BCUT2D eigenvalue weighted by Gasteiger charge is -2.28. The van der Waals surface area contributed by atoms with Gasteiger partial charge in [-0.2, -0.15) is 0 Å². The SMILES string of the molecule is C=CC(=O)N(C)C(c1csc2ccccc12)C1CC1C. The molecule has 1 aromatic heterocycles. The molecular weight excluding hydrogens is 266 g/mol. The molecule has 1 heterocycles. The lowest BCUT2D eigenvalue weighted by Crippen LogP contribution is -2.31. The van der Waals surface area contributed by atoms with Crippen molar-refractivity contribution in [1.82, 2.24) is 4.90 Å². The molecule has 20 heavy (non-hydrogen) atoms. The van der Waals surface area contributed by atoms with Crippen LogP contribution in [-0.4, -0.2) is 17.9 Å². The van der Waals surface area contributed by atoms with E-state index >= 15 is 0 Å². The summed E-state index contributed by atoms with van der Waals surface area (Å²) >= 11 is 1.76. The third-order valence-corrected chi connectivity index (χ3v) is 5.33. The Kier molecular flexibility index (Phi) is 3.38. The maximum absolute atomic E-state index is 12.0. The fourth-order valence-corrected chi connectivity index (χ4v) is 4.02. The van der Waals surface area contributed by atoms with E-state index in [4.69, 9.17) is 0 Å². The van der Waals surface area contributed by atoms with Gasteiger partial charge in [0.1, 0.15) is 0 Å². The van der Waals surface area contributed by atoms with Crippen molar-refractivity contribution < 1.29 is 4.79 Å². The number of thiophene rings is 1. The van der Waals surface area contributed by atoms with Crippen LogP contribution in [0.4, 0.5) is 0 Å². The van der Waals surface area contributed by atoms with Crippen molar-refractivity contribution >= 4 is 27.3 Å². The Hall–Kier alpha value is -1.61. The molecule has 0 aliphatic heterocycles. The van der Waals surface area contributed by atoms with Crippen molar-refractivity contribution in [2.45, 2.75) is 19.4 Å². The zero-order chi connectivity index (χ0) is 14.3. The first kappa shape index (κ1) is 13.4. The van der Waals surface area contributed by atoms with Gasteiger partial charge in [0.2, 0.25) is 5.91 Å². The molecule has 0 bridgehead atoms. The molecule has 1 amide bonds. The van der Waals surface area contributed by atoms with Gasteiger partial charge in [-0.05, 0) is 46.7 Å². The summed E-state index contributed by atoms with van der Waals surface area (Å²) in [6, 6.07) is 8.61. The number of hydrogen-bond acceptors (Lipinski definition) is 2. The van der Waals surface area contributed by atoms with E-state index in [1.807, 2.05) is 11.9 Å². The van der Waals surface area contributed by atoms with E-state index in [2.05, 4.69) is 43.1 Å². The van der Waals surface area contributed by atoms with Crippen LogP contribution >= 0.6 is 11.3 Å². The van der Waals surface area contributed by atoms with Crippen molar-refractivity contribution in [2.75, 3.05) is 7.05 Å². The van der Waals surface area contributed by atoms with Gasteiger partial charge in [-0.15, -0.1) is 11.3 Å². The van der Waals surface area contributed by atoms with Crippen LogP contribution in [-0.2, 0) is 4.79 Å². The average molecular weight is 285 g/mol. The Bertz CT molecular complexity index is 660. The van der Waals surface area contributed by atoms with Gasteiger partial charge < -0.3 is 4.90 Å². The van der Waals surface area contributed by atoms with Crippen LogP contribution < -0.4 is 0 Å². The van der Waals surface area contributed by atoms with Crippen molar-refractivity contribution in [2.24, 2.45) is 11.8 Å². The highest BCUT2D eigenvalue weighted by molar-refractivity contribution is 7.17. The van der Waals surface area contributed by atoms with Crippen LogP contribution in [0, 0.1) is 11.8 Å². The smallest absolute Gasteiger partial charge is 0.246 e. The molecule has 1 saturated carbocycles. The van der Waals surface area contributed by atoms with Gasteiger partial charge >= 0.3 is 0 Å². The predicted octanol–water partition coefficient (Wildman–Crippen LogP) is 4.24. The molecule has 1 fully saturated rings. The molecule has 1 aromatic carbocycles. The van der Waals surface area contributed by atoms with Gasteiger partial charge in [0.25, 0.3) is 0 Å². The third kappa shape index (κ3) is 2.16. The predicted molar refractivity (Wildman–Crippen MR) is 84.8 cm³/mol. The first-order chi connectivity index (χ1) is 9.63. The molecule has 3 rings (SSSR count). The second kappa shape index (κ2) is 5.06. The Morgan fingerprint density at radius 2 is 2.20 bits per heavy atom. The summed E-state index contributed by atoms with van der Waals surface area (Å²) in [5.74, 6) is 1.27. The fourth-order valence-electron chi connectivity index (χ4n) is 3.03. The quantitative estimate of drug-likeness (QED) is 0.769. The first-order valence-electron chi connectivity index (χ1n) is 6.99. The summed E-state index contributed by atoms with van der Waals surface area (Å²) in [6.45, 7) is 5.88. The molecule has 0 spiro atoms. The molecule has 2 nitrogen and oxygen atoms in total. The number of fused-ring (bicyclic) bond motifs is 1. The van der Waals surface area contributed by atoms with Crippen LogP contribution in [0.1, 0.15) is 24.9 Å². The number of carbonyl (C=O) groups is 1. The molecule has 2 aromatic rings. The second-order valence-corrected chi connectivity index (χ2v) is 6.57. The summed E-state index contributed by atoms with van der Waals surface area (Å²) < 4.78 is 1.29. The molecule has 3 atom stereocenters. The van der Waals surface area contributed by atoms with Crippen LogP contribution in [0.25, 0.3) is 10.1 Å². The van der Waals surface area contributed by atoms with Gasteiger partial charge in [-0.1, -0.05) is 31.7 Å². The summed E-state index contributed by atoms with van der Waals surface area (Å²) in [5, 5.41) is 3.50. The number of rotatable bonds is 4. The highest BCUT2D eigenvalue weighted by atomic mass is 32.1. The fraction of sp³-hybridized carbons (Fsp3) is 0.353. The third-order valence-electron chi connectivity index (χ3n) is 4.35. The summed E-state index contributed by atoms with van der Waals surface area (Å²) in [4.78, 5) is 13.9. The van der Waals surface area contributed by atoms with Crippen LogP contribution in [0.3, 0.4) is 0 Å². The largest absolute Gasteiger partial charge is 0.335 e. The van der Waals surface area contributed by atoms with Crippen LogP contribution in [0.15, 0.2) is 42.3 Å². The molecule has 3 unspecified atom stereocenters. The van der Waals surface area contributed by atoms with Gasteiger partial charge in [0, 0.05) is 11.7 Å². The maximum atomic E-state index is 12.0. The van der Waals surface area contributed by atoms with E-state index in [1.165, 1.54) is 28.1 Å². The van der Waals surface area contributed by atoms with E-state index in [9.17, 15) is 4.79 Å². The van der Waals surface area contributed by atoms with Gasteiger partial charge in [0.15, 0.2) is 0 Å². The molecule has 1 aliphatic rings. The maximum Gasteiger partial charge on any atom is 0.246 e. The van der Waals surface area contributed by atoms with E-state index in [0.29, 0.717) is 11.8 Å². The van der Waals surface area contributed by atoms with Crippen molar-refractivity contribution in [3.05, 3.63) is 47.9 Å². The molecule has 0 saturated heterocycles. The molecule has 1 aliphatic carbocycles. The number of amides is 1. The van der Waals surface area contributed by atoms with Crippen molar-refractivity contribution in [3.8, 4) is 0 Å². The Balaban J connectivity index is 2.05. The lowest BCUT2D eigenvalue weighted by molar-refractivity contribution is -0.127. The molecule has 0 radical (unpaired) electrons. The minimum Gasteiger partial charge on any atom is -0.335 e. The second-order valence-electron chi connectivity index (χ2n) is 5.66. The van der Waals surface area contributed by atoms with E-state index < -0.39 is 0 Å². The minimum atomic E-state index is 0.00406. The normalized spacial score (nSPS) is 22.5. The first-order valence-corrected chi connectivity index (χ1v) is 7.86. The molecular formula is C17H19NOS. The average Bonchev–Trinajstić information content (AvgIpc) is 3.02. The van der Waals surface area contributed by atoms with Crippen LogP contribution in [0.5, 0.6) is 0 Å². The molecule has 104 valence electrons. The highest BCUT2D eigenvalue weighted by Crippen LogP contribution is 2.51. The molecule has 3 heteroatoms.